The lowest BCUT2D eigenvalue weighted by Crippen LogP contribution is -2.48. The second kappa shape index (κ2) is 12.1. The fraction of sp³-hybridized carbons (Fsp3) is 0.438. The number of allylic oxidation sites excluding steroid dienone is 1. The van der Waals surface area contributed by atoms with E-state index in [-0.39, 0.29) is 35.1 Å². The van der Waals surface area contributed by atoms with Gasteiger partial charge in [0.15, 0.2) is 11.6 Å². The van der Waals surface area contributed by atoms with Gasteiger partial charge in [0.05, 0.1) is 17.8 Å². The highest BCUT2D eigenvalue weighted by Gasteiger charge is 2.29. The smallest absolute Gasteiger partial charge is 0.239 e. The summed E-state index contributed by atoms with van der Waals surface area (Å²) in [5.41, 5.74) is 3.88. The molecule has 2 aliphatic heterocycles. The molecule has 1 amide bonds. The summed E-state index contributed by atoms with van der Waals surface area (Å²) in [6, 6.07) is 2.90. The van der Waals surface area contributed by atoms with Crippen molar-refractivity contribution >= 4 is 22.9 Å². The third kappa shape index (κ3) is 5.99. The van der Waals surface area contributed by atoms with Gasteiger partial charge >= 0.3 is 0 Å². The van der Waals surface area contributed by atoms with E-state index in [1.165, 1.54) is 11.6 Å². The van der Waals surface area contributed by atoms with Crippen LogP contribution >= 0.6 is 0 Å². The maximum atomic E-state index is 15.0. The number of halogens is 2. The summed E-state index contributed by atoms with van der Waals surface area (Å²) < 4.78 is 31.8. The summed E-state index contributed by atoms with van der Waals surface area (Å²) >= 11 is 0. The van der Waals surface area contributed by atoms with Crippen molar-refractivity contribution in [2.45, 2.75) is 66.0 Å². The molecule has 2 aromatic heterocycles. The molecule has 8 nitrogen and oxygen atoms in total. The monoisotopic (exact) mass is 575 g/mol. The third-order valence-electron chi connectivity index (χ3n) is 8.24. The van der Waals surface area contributed by atoms with Crippen LogP contribution in [0.25, 0.3) is 22.3 Å². The molecule has 3 aromatic rings. The fourth-order valence-electron chi connectivity index (χ4n) is 5.89. The Kier molecular flexibility index (Phi) is 8.54. The SMILES string of the molecule is C=C(/C=C\C1=C(C)CCN(C(=O)C(C)N2CCCC2)C1)Nc1ncc(F)c(-c2cc(F)c3nc(C)n(C(C)C)c3c2)n1. The zero-order valence-electron chi connectivity index (χ0n) is 25.0. The number of carbonyl (C=O) groups is 1. The van der Waals surface area contributed by atoms with Crippen molar-refractivity contribution in [1.29, 1.82) is 0 Å². The van der Waals surface area contributed by atoms with E-state index in [4.69, 9.17) is 0 Å². The van der Waals surface area contributed by atoms with Gasteiger partial charge in [0.25, 0.3) is 0 Å². The number of likely N-dealkylation sites (tertiary alicyclic amines) is 1. The van der Waals surface area contributed by atoms with Gasteiger partial charge in [0, 0.05) is 30.4 Å². The van der Waals surface area contributed by atoms with E-state index in [0.717, 1.165) is 50.7 Å². The molecule has 1 N–H and O–H groups in total. The van der Waals surface area contributed by atoms with Crippen molar-refractivity contribution in [3.63, 3.8) is 0 Å². The first-order chi connectivity index (χ1) is 20.0. The Morgan fingerprint density at radius 2 is 1.81 bits per heavy atom. The second-order valence-electron chi connectivity index (χ2n) is 11.6. The third-order valence-corrected chi connectivity index (χ3v) is 8.24. The molecule has 222 valence electrons. The Hall–Kier alpha value is -3.92. The van der Waals surface area contributed by atoms with Gasteiger partial charge in [-0.3, -0.25) is 9.69 Å². The molecular formula is C32H39F2N7O. The van der Waals surface area contributed by atoms with Crippen LogP contribution < -0.4 is 5.32 Å². The Morgan fingerprint density at radius 3 is 2.52 bits per heavy atom. The van der Waals surface area contributed by atoms with Gasteiger partial charge in [-0.15, -0.1) is 0 Å². The lowest BCUT2D eigenvalue weighted by atomic mass is 10.00. The Bertz CT molecular complexity index is 1580. The summed E-state index contributed by atoms with van der Waals surface area (Å²) in [6.07, 6.45) is 7.93. The maximum Gasteiger partial charge on any atom is 0.239 e. The summed E-state index contributed by atoms with van der Waals surface area (Å²) in [7, 11) is 0. The number of rotatable bonds is 8. The number of benzene rings is 1. The number of fused-ring (bicyclic) bond motifs is 1. The van der Waals surface area contributed by atoms with Crippen molar-refractivity contribution in [3.8, 4) is 11.3 Å². The van der Waals surface area contributed by atoms with Crippen molar-refractivity contribution < 1.29 is 13.6 Å². The Morgan fingerprint density at radius 1 is 1.07 bits per heavy atom. The van der Waals surface area contributed by atoms with Crippen LogP contribution in [0.5, 0.6) is 0 Å². The molecule has 5 rings (SSSR count). The minimum atomic E-state index is -0.663. The first-order valence-corrected chi connectivity index (χ1v) is 14.6. The number of amides is 1. The van der Waals surface area contributed by atoms with E-state index >= 15 is 4.39 Å². The van der Waals surface area contributed by atoms with Gasteiger partial charge in [-0.05, 0) is 90.8 Å². The highest BCUT2D eigenvalue weighted by Crippen LogP contribution is 2.30. The molecule has 0 bridgehead atoms. The summed E-state index contributed by atoms with van der Waals surface area (Å²) in [5.74, 6) is -0.213. The Balaban J connectivity index is 1.31. The van der Waals surface area contributed by atoms with E-state index in [2.05, 4.69) is 38.7 Å². The van der Waals surface area contributed by atoms with Gasteiger partial charge in [0.1, 0.15) is 17.0 Å². The van der Waals surface area contributed by atoms with E-state index in [9.17, 15) is 9.18 Å². The summed E-state index contributed by atoms with van der Waals surface area (Å²) in [5, 5.41) is 3.02. The van der Waals surface area contributed by atoms with Crippen molar-refractivity contribution in [3.05, 3.63) is 71.4 Å². The van der Waals surface area contributed by atoms with E-state index in [0.29, 0.717) is 29.1 Å². The van der Waals surface area contributed by atoms with Crippen molar-refractivity contribution in [2.75, 3.05) is 31.5 Å². The first-order valence-electron chi connectivity index (χ1n) is 14.6. The van der Waals surface area contributed by atoms with Gasteiger partial charge in [-0.1, -0.05) is 18.2 Å². The minimum absolute atomic E-state index is 0.0219. The molecule has 2 aliphatic rings. The van der Waals surface area contributed by atoms with Gasteiger partial charge < -0.3 is 14.8 Å². The highest BCUT2D eigenvalue weighted by atomic mass is 19.1. The van der Waals surface area contributed by atoms with E-state index in [1.54, 1.807) is 12.1 Å². The maximum absolute atomic E-state index is 15.0. The van der Waals surface area contributed by atoms with Gasteiger partial charge in [-0.25, -0.2) is 23.7 Å². The molecule has 4 heterocycles. The molecule has 0 radical (unpaired) electrons. The number of imidazole rings is 1. The van der Waals surface area contributed by atoms with Crippen LogP contribution in [0.3, 0.4) is 0 Å². The van der Waals surface area contributed by atoms with Crippen molar-refractivity contribution in [1.82, 2.24) is 29.3 Å². The second-order valence-corrected chi connectivity index (χ2v) is 11.6. The average Bonchev–Trinajstić information content (AvgIpc) is 3.61. The molecule has 1 saturated heterocycles. The van der Waals surface area contributed by atoms with Crippen LogP contribution in [-0.2, 0) is 4.79 Å². The topological polar surface area (TPSA) is 79.2 Å². The van der Waals surface area contributed by atoms with E-state index < -0.39 is 11.6 Å². The zero-order valence-corrected chi connectivity index (χ0v) is 25.0. The predicted molar refractivity (Wildman–Crippen MR) is 162 cm³/mol. The highest BCUT2D eigenvalue weighted by molar-refractivity contribution is 5.83. The predicted octanol–water partition coefficient (Wildman–Crippen LogP) is 6.18. The molecule has 0 saturated carbocycles. The summed E-state index contributed by atoms with van der Waals surface area (Å²) in [4.78, 5) is 30.1. The molecule has 42 heavy (non-hydrogen) atoms. The van der Waals surface area contributed by atoms with Gasteiger partial charge in [0.2, 0.25) is 11.9 Å². The largest absolute Gasteiger partial charge is 0.337 e. The minimum Gasteiger partial charge on any atom is -0.337 e. The number of aromatic nitrogens is 4. The molecule has 1 fully saturated rings. The van der Waals surface area contributed by atoms with Crippen LogP contribution in [0.1, 0.15) is 58.8 Å². The number of hydrogen-bond donors (Lipinski definition) is 1. The zero-order chi connectivity index (χ0) is 30.1. The normalized spacial score (nSPS) is 17.2. The molecule has 0 aliphatic carbocycles. The molecule has 1 unspecified atom stereocenters. The Labute approximate surface area is 245 Å². The summed E-state index contributed by atoms with van der Waals surface area (Å²) in [6.45, 7) is 17.2. The van der Waals surface area contributed by atoms with Crippen LogP contribution in [0, 0.1) is 18.6 Å². The van der Waals surface area contributed by atoms with Crippen LogP contribution in [-0.4, -0.2) is 67.4 Å². The van der Waals surface area contributed by atoms with E-state index in [1.807, 2.05) is 43.2 Å². The molecule has 1 aromatic carbocycles. The molecular weight excluding hydrogens is 536 g/mol. The fourth-order valence-corrected chi connectivity index (χ4v) is 5.89. The number of carbonyl (C=O) groups excluding carboxylic acids is 1. The number of anilines is 1. The quantitative estimate of drug-likeness (QED) is 0.324. The van der Waals surface area contributed by atoms with Crippen LogP contribution in [0.2, 0.25) is 0 Å². The average molecular weight is 576 g/mol. The number of nitrogens with one attached hydrogen (secondary N) is 1. The lowest BCUT2D eigenvalue weighted by molar-refractivity contribution is -0.135. The molecule has 10 heteroatoms. The lowest BCUT2D eigenvalue weighted by Gasteiger charge is -2.33. The van der Waals surface area contributed by atoms with Gasteiger partial charge in [-0.2, -0.15) is 0 Å². The molecule has 0 spiro atoms. The number of hydrogen-bond acceptors (Lipinski definition) is 6. The molecule has 1 atom stereocenters. The van der Waals surface area contributed by atoms with Crippen LogP contribution in [0.4, 0.5) is 14.7 Å². The van der Waals surface area contributed by atoms with Crippen molar-refractivity contribution in [2.24, 2.45) is 0 Å². The standard InChI is InChI=1S/C32H39F2N7O/c1-19(2)41-23(6)37-30-26(33)15-25(16-28(30)41)29-27(34)17-35-32(38-29)36-21(4)9-10-24-18-40(14-11-20(24)3)31(42)22(5)39-12-7-8-13-39/h9-10,15-17,19,22H,4,7-8,11-14,18H2,1-3,5-6H3,(H,35,36,38)/b10-9-. The number of nitrogens with zero attached hydrogens (tertiary/aromatic N) is 6. The first kappa shape index (κ1) is 29.6. The number of aryl methyl sites for hydroxylation is 1. The van der Waals surface area contributed by atoms with Crippen LogP contribution in [0.15, 0.2) is 53.9 Å².